The molecule has 59 heavy (non-hydrogen) atoms. The van der Waals surface area contributed by atoms with Gasteiger partial charge < -0.3 is 9.13 Å². The SMILES string of the molecule is c1ccc(-n2c3ccccc3c3c4c5ccccc5n(-c5cccc6c5c5ccccc5n6-c5nc6ccccc6nc5-c5ccc6ccccc6c5)c4ccc32)cc1. The first-order valence-electron chi connectivity index (χ1n) is 20.1. The molecule has 0 fully saturated rings. The van der Waals surface area contributed by atoms with Crippen LogP contribution in [0, 0.1) is 0 Å². The largest absolute Gasteiger partial charge is 0.309 e. The van der Waals surface area contributed by atoms with Gasteiger partial charge in [-0.3, -0.25) is 4.57 Å². The highest BCUT2D eigenvalue weighted by molar-refractivity contribution is 6.29. The van der Waals surface area contributed by atoms with Crippen molar-refractivity contribution in [1.82, 2.24) is 23.7 Å². The second-order valence-corrected chi connectivity index (χ2v) is 15.4. The average molecular weight is 752 g/mol. The molecule has 0 amide bonds. The topological polar surface area (TPSA) is 40.6 Å². The Bertz CT molecular complexity index is 3850. The summed E-state index contributed by atoms with van der Waals surface area (Å²) in [5, 5.41) is 9.67. The van der Waals surface area contributed by atoms with Gasteiger partial charge in [-0.15, -0.1) is 0 Å². The normalized spacial score (nSPS) is 12.1. The van der Waals surface area contributed by atoms with Gasteiger partial charge in [0, 0.05) is 43.6 Å². The lowest BCUT2D eigenvalue weighted by molar-refractivity contribution is 1.08. The molecule has 0 saturated carbocycles. The van der Waals surface area contributed by atoms with Gasteiger partial charge in [-0.2, -0.15) is 0 Å². The van der Waals surface area contributed by atoms with Gasteiger partial charge in [0.15, 0.2) is 5.82 Å². The number of hydrogen-bond acceptors (Lipinski definition) is 2. The molecule has 0 aliphatic rings. The molecule has 0 N–H and O–H groups in total. The third-order valence-corrected chi connectivity index (χ3v) is 12.2. The molecule has 4 heterocycles. The van der Waals surface area contributed by atoms with Crippen molar-refractivity contribution in [2.24, 2.45) is 0 Å². The number of fused-ring (bicyclic) bond motifs is 12. The number of rotatable bonds is 4. The molecule has 13 rings (SSSR count). The summed E-state index contributed by atoms with van der Waals surface area (Å²) in [7, 11) is 0. The molecular weight excluding hydrogens is 719 g/mol. The minimum Gasteiger partial charge on any atom is -0.309 e. The molecule has 0 radical (unpaired) electrons. The van der Waals surface area contributed by atoms with Crippen LogP contribution >= 0.6 is 0 Å². The fourth-order valence-electron chi connectivity index (χ4n) is 9.72. The van der Waals surface area contributed by atoms with E-state index in [2.05, 4.69) is 202 Å². The average Bonchev–Trinajstić information content (AvgIpc) is 3.94. The van der Waals surface area contributed by atoms with Crippen molar-refractivity contribution >= 4 is 87.2 Å². The van der Waals surface area contributed by atoms with E-state index in [0.29, 0.717) is 0 Å². The number of benzene rings is 9. The monoisotopic (exact) mass is 751 g/mol. The van der Waals surface area contributed by atoms with E-state index in [4.69, 9.17) is 9.97 Å². The van der Waals surface area contributed by atoms with Gasteiger partial charge >= 0.3 is 0 Å². The van der Waals surface area contributed by atoms with Crippen molar-refractivity contribution in [1.29, 1.82) is 0 Å². The summed E-state index contributed by atoms with van der Waals surface area (Å²) >= 11 is 0. The highest BCUT2D eigenvalue weighted by Gasteiger charge is 2.25. The molecule has 0 bridgehead atoms. The summed E-state index contributed by atoms with van der Waals surface area (Å²) < 4.78 is 7.22. The lowest BCUT2D eigenvalue weighted by Crippen LogP contribution is -2.04. The minimum absolute atomic E-state index is 0.806. The maximum Gasteiger partial charge on any atom is 0.165 e. The first-order valence-corrected chi connectivity index (χ1v) is 20.1. The zero-order chi connectivity index (χ0) is 38.6. The molecule has 9 aromatic carbocycles. The molecule has 4 aromatic heterocycles. The summed E-state index contributed by atoms with van der Waals surface area (Å²) in [6.07, 6.45) is 0. The number of para-hydroxylation sites is 6. The smallest absolute Gasteiger partial charge is 0.165 e. The van der Waals surface area contributed by atoms with E-state index < -0.39 is 0 Å². The van der Waals surface area contributed by atoms with Crippen molar-refractivity contribution in [3.63, 3.8) is 0 Å². The van der Waals surface area contributed by atoms with E-state index in [1.165, 1.54) is 54.4 Å². The highest BCUT2D eigenvalue weighted by Crippen LogP contribution is 2.45. The van der Waals surface area contributed by atoms with Gasteiger partial charge in [-0.25, -0.2) is 9.97 Å². The van der Waals surface area contributed by atoms with E-state index in [-0.39, 0.29) is 0 Å². The molecule has 0 unspecified atom stereocenters. The molecular formula is C54H33N5. The van der Waals surface area contributed by atoms with Crippen LogP contribution in [0.1, 0.15) is 0 Å². The van der Waals surface area contributed by atoms with E-state index in [9.17, 15) is 0 Å². The standard InChI is InChI=1S/C54H33N5/c1-2-17-37(18-3-1)57-43-24-11-7-20-39(43)51-48(57)31-32-49-52(51)40-21-8-12-25-44(40)58(49)46-27-14-28-47-50(46)38-19-6-13-26-45(38)59(47)54-53(55-41-22-9-10-23-42(41)56-54)36-30-29-34-15-4-5-16-35(34)33-36/h1-33H. The summed E-state index contributed by atoms with van der Waals surface area (Å²) in [6, 6.07) is 71.8. The maximum atomic E-state index is 5.45. The first kappa shape index (κ1) is 32.1. The van der Waals surface area contributed by atoms with Crippen LogP contribution in [0.2, 0.25) is 0 Å². The molecule has 0 saturated heterocycles. The Morgan fingerprint density at radius 2 is 0.847 bits per heavy atom. The van der Waals surface area contributed by atoms with Crippen LogP contribution in [0.3, 0.4) is 0 Å². The van der Waals surface area contributed by atoms with E-state index >= 15 is 0 Å². The summed E-state index contributed by atoms with van der Waals surface area (Å²) in [5.74, 6) is 0.806. The van der Waals surface area contributed by atoms with Gasteiger partial charge in [0.2, 0.25) is 0 Å². The third-order valence-electron chi connectivity index (χ3n) is 12.2. The third kappa shape index (κ3) is 4.55. The molecule has 0 aliphatic carbocycles. The van der Waals surface area contributed by atoms with E-state index in [1.807, 2.05) is 12.1 Å². The summed E-state index contributed by atoms with van der Waals surface area (Å²) in [6.45, 7) is 0. The number of nitrogens with zero attached hydrogens (tertiary/aromatic N) is 5. The molecule has 0 atom stereocenters. The van der Waals surface area contributed by atoms with Crippen molar-refractivity contribution in [2.75, 3.05) is 0 Å². The lowest BCUT2D eigenvalue weighted by Gasteiger charge is -2.15. The fraction of sp³-hybridized carbons (Fsp3) is 0. The Morgan fingerprint density at radius 3 is 1.58 bits per heavy atom. The minimum atomic E-state index is 0.806. The number of hydrogen-bond donors (Lipinski definition) is 0. The Labute approximate surface area is 338 Å². The highest BCUT2D eigenvalue weighted by atomic mass is 15.1. The predicted octanol–water partition coefficient (Wildman–Crippen LogP) is 13.7. The van der Waals surface area contributed by atoms with Gasteiger partial charge in [-0.1, -0.05) is 127 Å². The van der Waals surface area contributed by atoms with E-state index in [1.54, 1.807) is 0 Å². The Balaban J connectivity index is 1.14. The van der Waals surface area contributed by atoms with Crippen LogP contribution in [0.15, 0.2) is 200 Å². The Kier molecular flexibility index (Phi) is 6.66. The van der Waals surface area contributed by atoms with Crippen molar-refractivity contribution in [3.8, 4) is 28.5 Å². The summed E-state index contributed by atoms with van der Waals surface area (Å²) in [5.41, 5.74) is 12.7. The zero-order valence-corrected chi connectivity index (χ0v) is 31.8. The van der Waals surface area contributed by atoms with Crippen molar-refractivity contribution < 1.29 is 0 Å². The Morgan fingerprint density at radius 1 is 0.322 bits per heavy atom. The first-order chi connectivity index (χ1) is 29.3. The second kappa shape index (κ2) is 12.2. The second-order valence-electron chi connectivity index (χ2n) is 15.4. The molecule has 13 aromatic rings. The predicted molar refractivity (Wildman–Crippen MR) is 245 cm³/mol. The molecule has 274 valence electrons. The number of aromatic nitrogens is 5. The van der Waals surface area contributed by atoms with Crippen molar-refractivity contribution in [2.45, 2.75) is 0 Å². The van der Waals surface area contributed by atoms with Crippen LogP contribution in [0.4, 0.5) is 0 Å². The summed E-state index contributed by atoms with van der Waals surface area (Å²) in [4.78, 5) is 10.8. The van der Waals surface area contributed by atoms with Gasteiger partial charge in [0.05, 0.1) is 49.8 Å². The van der Waals surface area contributed by atoms with E-state index in [0.717, 1.165) is 61.3 Å². The zero-order valence-electron chi connectivity index (χ0n) is 31.8. The molecule has 0 aliphatic heterocycles. The van der Waals surface area contributed by atoms with Gasteiger partial charge in [0.1, 0.15) is 5.69 Å². The molecule has 5 heteroatoms. The van der Waals surface area contributed by atoms with Gasteiger partial charge in [0.25, 0.3) is 0 Å². The van der Waals surface area contributed by atoms with Crippen LogP contribution in [-0.4, -0.2) is 23.7 Å². The van der Waals surface area contributed by atoms with Crippen LogP contribution in [0.25, 0.3) is 116 Å². The maximum absolute atomic E-state index is 5.45. The van der Waals surface area contributed by atoms with Crippen LogP contribution in [-0.2, 0) is 0 Å². The van der Waals surface area contributed by atoms with Gasteiger partial charge in [-0.05, 0) is 83.6 Å². The fourth-order valence-corrected chi connectivity index (χ4v) is 9.72. The quantitative estimate of drug-likeness (QED) is 0.180. The molecule has 0 spiro atoms. The lowest BCUT2D eigenvalue weighted by atomic mass is 10.0. The van der Waals surface area contributed by atoms with Crippen LogP contribution in [0.5, 0.6) is 0 Å². The Hall–Kier alpha value is -8.02. The van der Waals surface area contributed by atoms with Crippen LogP contribution < -0.4 is 0 Å². The van der Waals surface area contributed by atoms with Crippen molar-refractivity contribution in [3.05, 3.63) is 200 Å². The molecule has 5 nitrogen and oxygen atoms in total.